The molecule has 0 unspecified atom stereocenters. The molecule has 2 aromatic rings. The van der Waals surface area contributed by atoms with E-state index in [-0.39, 0.29) is 10.7 Å². The predicted molar refractivity (Wildman–Crippen MR) is 72.8 cm³/mol. The van der Waals surface area contributed by atoms with Gasteiger partial charge in [0.15, 0.2) is 0 Å². The van der Waals surface area contributed by atoms with Crippen molar-refractivity contribution in [3.63, 3.8) is 0 Å². The smallest absolute Gasteiger partial charge is 0.378 e. The summed E-state index contributed by atoms with van der Waals surface area (Å²) in [5, 5.41) is 2.85. The van der Waals surface area contributed by atoms with Gasteiger partial charge >= 0.3 is 6.18 Å². The van der Waals surface area contributed by atoms with Crippen molar-refractivity contribution in [2.45, 2.75) is 19.6 Å². The highest BCUT2D eigenvalue weighted by Gasteiger charge is 2.34. The largest absolute Gasteiger partial charge is 0.418 e. The quantitative estimate of drug-likeness (QED) is 0.807. The monoisotopic (exact) mass is 305 g/mol. The molecule has 1 nitrogen and oxygen atoms in total. The molecule has 0 saturated heterocycles. The van der Waals surface area contributed by atoms with Crippen LogP contribution in [0, 0.1) is 6.92 Å². The van der Waals surface area contributed by atoms with Gasteiger partial charge in [-0.25, -0.2) is 0 Å². The number of nitrogens with one attached hydrogen (secondary N) is 1. The number of rotatable bonds is 3. The van der Waals surface area contributed by atoms with Crippen LogP contribution < -0.4 is 5.32 Å². The second kappa shape index (κ2) is 5.43. The van der Waals surface area contributed by atoms with Crippen LogP contribution in [0.1, 0.15) is 15.3 Å². The second-order valence-electron chi connectivity index (χ2n) is 4.03. The zero-order valence-electron chi connectivity index (χ0n) is 10.0. The first kappa shape index (κ1) is 14.2. The Morgan fingerprint density at radius 3 is 2.53 bits per heavy atom. The fourth-order valence-corrected chi connectivity index (χ4v) is 2.77. The van der Waals surface area contributed by atoms with Gasteiger partial charge in [-0.2, -0.15) is 13.2 Å². The first-order chi connectivity index (χ1) is 8.88. The maximum atomic E-state index is 12.9. The molecular formula is C13H11ClF3NS. The summed E-state index contributed by atoms with van der Waals surface area (Å²) in [6.07, 6.45) is -4.42. The van der Waals surface area contributed by atoms with Crippen LogP contribution >= 0.6 is 22.9 Å². The molecule has 0 aliphatic heterocycles. The number of para-hydroxylation sites is 1. The molecule has 0 spiro atoms. The van der Waals surface area contributed by atoms with Crippen molar-refractivity contribution >= 4 is 28.6 Å². The maximum absolute atomic E-state index is 12.9. The van der Waals surface area contributed by atoms with Crippen LogP contribution in [-0.2, 0) is 12.7 Å². The topological polar surface area (TPSA) is 12.0 Å². The Balaban J connectivity index is 2.24. The molecule has 1 N–H and O–H groups in total. The van der Waals surface area contributed by atoms with Crippen LogP contribution in [0.3, 0.4) is 0 Å². The van der Waals surface area contributed by atoms with Crippen molar-refractivity contribution in [2.24, 2.45) is 0 Å². The normalized spacial score (nSPS) is 11.6. The number of alkyl halides is 3. The summed E-state index contributed by atoms with van der Waals surface area (Å²) in [5.74, 6) is 0. The Morgan fingerprint density at radius 1 is 1.21 bits per heavy atom. The Morgan fingerprint density at radius 2 is 1.95 bits per heavy atom. The van der Waals surface area contributed by atoms with Crippen LogP contribution in [-0.4, -0.2) is 0 Å². The number of benzene rings is 1. The van der Waals surface area contributed by atoms with Crippen LogP contribution in [0.25, 0.3) is 0 Å². The Labute approximate surface area is 118 Å². The van der Waals surface area contributed by atoms with Crippen LogP contribution in [0.15, 0.2) is 30.3 Å². The molecule has 6 heteroatoms. The van der Waals surface area contributed by atoms with Gasteiger partial charge in [0, 0.05) is 16.3 Å². The molecule has 19 heavy (non-hydrogen) atoms. The second-order valence-corrected chi connectivity index (χ2v) is 5.81. The van der Waals surface area contributed by atoms with Crippen molar-refractivity contribution in [3.05, 3.63) is 50.7 Å². The van der Waals surface area contributed by atoms with Crippen LogP contribution in [0.4, 0.5) is 18.9 Å². The number of halogens is 4. The Hall–Kier alpha value is -1.20. The first-order valence-electron chi connectivity index (χ1n) is 5.53. The maximum Gasteiger partial charge on any atom is 0.418 e. The summed E-state index contributed by atoms with van der Waals surface area (Å²) in [6, 6.07) is 7.58. The summed E-state index contributed by atoms with van der Waals surface area (Å²) in [7, 11) is 0. The summed E-state index contributed by atoms with van der Waals surface area (Å²) in [5.41, 5.74) is -0.809. The molecule has 102 valence electrons. The molecule has 0 atom stereocenters. The minimum absolute atomic E-state index is 0.0669. The number of anilines is 1. The molecule has 0 aliphatic carbocycles. The van der Waals surface area contributed by atoms with Crippen molar-refractivity contribution in [1.29, 1.82) is 0 Å². The number of aryl methyl sites for hydroxylation is 1. The molecule has 2 rings (SSSR count). The molecule has 0 bridgehead atoms. The van der Waals surface area contributed by atoms with Crippen molar-refractivity contribution in [1.82, 2.24) is 0 Å². The third-order valence-electron chi connectivity index (χ3n) is 2.55. The van der Waals surface area contributed by atoms with Gasteiger partial charge in [-0.1, -0.05) is 17.7 Å². The van der Waals surface area contributed by atoms with E-state index >= 15 is 0 Å². The van der Waals surface area contributed by atoms with E-state index in [0.717, 1.165) is 15.8 Å². The van der Waals surface area contributed by atoms with Crippen LogP contribution in [0.5, 0.6) is 0 Å². The lowest BCUT2D eigenvalue weighted by Gasteiger charge is -2.15. The van der Waals surface area contributed by atoms with Crippen molar-refractivity contribution in [2.75, 3.05) is 5.32 Å². The van der Waals surface area contributed by atoms with Gasteiger partial charge in [-0.05, 0) is 31.2 Å². The van der Waals surface area contributed by atoms with E-state index in [1.165, 1.54) is 23.5 Å². The van der Waals surface area contributed by atoms with E-state index in [2.05, 4.69) is 5.32 Å². The van der Waals surface area contributed by atoms with E-state index in [9.17, 15) is 13.2 Å². The lowest BCUT2D eigenvalue weighted by molar-refractivity contribution is -0.136. The lowest BCUT2D eigenvalue weighted by Crippen LogP contribution is -2.10. The molecule has 0 aliphatic rings. The average molecular weight is 306 g/mol. The molecule has 1 heterocycles. The summed E-state index contributed by atoms with van der Waals surface area (Å²) < 4.78 is 38.6. The highest BCUT2D eigenvalue weighted by atomic mass is 35.5. The predicted octanol–water partition coefficient (Wildman–Crippen LogP) is 5.34. The zero-order chi connectivity index (χ0) is 14.0. The zero-order valence-corrected chi connectivity index (χ0v) is 11.6. The molecule has 1 aromatic carbocycles. The SMILES string of the molecule is Cc1ccc(CNc2c(Cl)cccc2C(F)(F)F)s1. The first-order valence-corrected chi connectivity index (χ1v) is 6.72. The van der Waals surface area contributed by atoms with Gasteiger partial charge in [-0.3, -0.25) is 0 Å². The minimum atomic E-state index is -4.42. The fraction of sp³-hybridized carbons (Fsp3) is 0.231. The summed E-state index contributed by atoms with van der Waals surface area (Å²) in [4.78, 5) is 2.08. The third kappa shape index (κ3) is 3.42. The van der Waals surface area contributed by atoms with Crippen LogP contribution in [0.2, 0.25) is 5.02 Å². The van der Waals surface area contributed by atoms with Gasteiger partial charge in [0.2, 0.25) is 0 Å². The van der Waals surface area contributed by atoms with Gasteiger partial charge < -0.3 is 5.32 Å². The summed E-state index contributed by atoms with van der Waals surface area (Å²) in [6.45, 7) is 2.27. The molecule has 0 fully saturated rings. The Kier molecular flexibility index (Phi) is 4.06. The van der Waals surface area contributed by atoms with E-state index in [4.69, 9.17) is 11.6 Å². The van der Waals surface area contributed by atoms with Gasteiger partial charge in [0.25, 0.3) is 0 Å². The van der Waals surface area contributed by atoms with Crippen molar-refractivity contribution in [3.8, 4) is 0 Å². The lowest BCUT2D eigenvalue weighted by atomic mass is 10.1. The summed E-state index contributed by atoms with van der Waals surface area (Å²) >= 11 is 7.39. The average Bonchev–Trinajstić information content (AvgIpc) is 2.72. The highest BCUT2D eigenvalue weighted by Crippen LogP contribution is 2.38. The van der Waals surface area contributed by atoms with E-state index in [0.29, 0.717) is 6.54 Å². The molecule has 1 aromatic heterocycles. The minimum Gasteiger partial charge on any atom is -0.378 e. The highest BCUT2D eigenvalue weighted by molar-refractivity contribution is 7.11. The number of thiophene rings is 1. The Bertz CT molecular complexity index is 578. The van der Waals surface area contributed by atoms with E-state index in [1.54, 1.807) is 0 Å². The molecule has 0 radical (unpaired) electrons. The number of hydrogen-bond acceptors (Lipinski definition) is 2. The molecule has 0 amide bonds. The number of hydrogen-bond donors (Lipinski definition) is 1. The van der Waals surface area contributed by atoms with Gasteiger partial charge in [0.1, 0.15) is 0 Å². The molecular weight excluding hydrogens is 295 g/mol. The fourth-order valence-electron chi connectivity index (χ4n) is 1.70. The van der Waals surface area contributed by atoms with Crippen molar-refractivity contribution < 1.29 is 13.2 Å². The van der Waals surface area contributed by atoms with Gasteiger partial charge in [0.05, 0.1) is 16.3 Å². The standard InChI is InChI=1S/C13H11ClF3NS/c1-8-5-6-9(19-8)7-18-12-10(13(15,16)17)3-2-4-11(12)14/h2-6,18H,7H2,1H3. The molecule has 0 saturated carbocycles. The van der Waals surface area contributed by atoms with E-state index < -0.39 is 11.7 Å². The third-order valence-corrected chi connectivity index (χ3v) is 3.87. The van der Waals surface area contributed by atoms with Gasteiger partial charge in [-0.15, -0.1) is 11.3 Å². The van der Waals surface area contributed by atoms with E-state index in [1.807, 2.05) is 19.1 Å².